The summed E-state index contributed by atoms with van der Waals surface area (Å²) in [6.45, 7) is 0. The maximum atomic E-state index is 3.53. The van der Waals surface area contributed by atoms with E-state index in [4.69, 9.17) is 0 Å². The van der Waals surface area contributed by atoms with Crippen LogP contribution in [-0.4, -0.2) is 13.3 Å². The van der Waals surface area contributed by atoms with Crippen LogP contribution in [0.1, 0.15) is 0 Å². The Bertz CT molecular complexity index is 765. The zero-order valence-corrected chi connectivity index (χ0v) is 20.1. The minimum absolute atomic E-state index is 1.46. The molecule has 0 aliphatic rings. The molecule has 0 unspecified atom stereocenters. The van der Waals surface area contributed by atoms with Gasteiger partial charge in [-0.15, -0.1) is 0 Å². The van der Waals surface area contributed by atoms with Crippen molar-refractivity contribution in [3.8, 4) is 0 Å². The van der Waals surface area contributed by atoms with Crippen molar-refractivity contribution in [3.05, 3.63) is 121 Å². The average molecular weight is 567 g/mol. The first-order valence-electron chi connectivity index (χ1n) is 8.77. The third-order valence-corrected chi connectivity index (χ3v) is 14.9. The predicted octanol–water partition coefficient (Wildman–Crippen LogP) is 3.95. The summed E-state index contributed by atoms with van der Waals surface area (Å²) in [7, 11) is 0. The number of halogens is 1. The summed E-state index contributed by atoms with van der Waals surface area (Å²) in [4.78, 5) is 0. The Balaban J connectivity index is 0.00000102. The fraction of sp³-hybridized carbons (Fsp3) is 0. The van der Waals surface area contributed by atoms with Gasteiger partial charge in [0.1, 0.15) is 0 Å². The van der Waals surface area contributed by atoms with Gasteiger partial charge < -0.3 is 0 Å². The summed E-state index contributed by atoms with van der Waals surface area (Å²) < 4.78 is 5.86. The van der Waals surface area contributed by atoms with Gasteiger partial charge in [0, 0.05) is 0 Å². The van der Waals surface area contributed by atoms with Crippen molar-refractivity contribution in [2.45, 2.75) is 0 Å². The summed E-state index contributed by atoms with van der Waals surface area (Å²) in [6.07, 6.45) is 0. The van der Waals surface area contributed by atoms with E-state index in [0.29, 0.717) is 0 Å². The number of rotatable bonds is 4. The fourth-order valence-corrected chi connectivity index (χ4v) is 13.8. The van der Waals surface area contributed by atoms with Crippen LogP contribution in [-0.2, 0) is 12.5 Å². The molecule has 0 aromatic heterocycles. The Kier molecular flexibility index (Phi) is 7.76. The van der Waals surface area contributed by atoms with Gasteiger partial charge in [0.15, 0.2) is 0 Å². The van der Waals surface area contributed by atoms with E-state index in [1.807, 2.05) is 20.4 Å². The van der Waals surface area contributed by atoms with Crippen molar-refractivity contribution < 1.29 is 12.5 Å². The molecule has 0 bridgehead atoms. The van der Waals surface area contributed by atoms with Gasteiger partial charge in [-0.2, -0.15) is 0 Å². The molecule has 3 heteroatoms. The van der Waals surface area contributed by atoms with Gasteiger partial charge in [-0.25, -0.2) is 0 Å². The quantitative estimate of drug-likeness (QED) is 0.259. The summed E-state index contributed by atoms with van der Waals surface area (Å²) in [5.41, 5.74) is 0. The van der Waals surface area contributed by atoms with E-state index in [-0.39, 0.29) is 0 Å². The molecule has 0 saturated carbocycles. The van der Waals surface area contributed by atoms with Gasteiger partial charge >= 0.3 is 185 Å². The van der Waals surface area contributed by atoms with Gasteiger partial charge in [0.05, 0.1) is 0 Å². The molecule has 0 saturated heterocycles. The van der Waals surface area contributed by atoms with Crippen LogP contribution >= 0.6 is 20.4 Å². The molecule has 0 N–H and O–H groups in total. The molecule has 0 amide bonds. The van der Waals surface area contributed by atoms with Crippen LogP contribution in [0.15, 0.2) is 121 Å². The number of hydrogen-bond donors (Lipinski definition) is 0. The molecule has 0 nitrogen and oxygen atoms in total. The van der Waals surface area contributed by atoms with Crippen LogP contribution in [0.25, 0.3) is 0 Å². The third kappa shape index (κ3) is 4.24. The van der Waals surface area contributed by atoms with E-state index in [1.165, 1.54) is 17.6 Å². The van der Waals surface area contributed by atoms with Crippen LogP contribution < -0.4 is 17.6 Å². The maximum absolute atomic E-state index is 3.53. The standard InChI is InChI=1S/C24H20Ge.Co.HI/c1-5-13-21(14-6-1)25(22-15-7-2-8-16-22,23-17-9-3-10-18-23)24-19-11-4-12-20-24;;/h1-20H;;1H/q;+1;/p-1. The summed E-state index contributed by atoms with van der Waals surface area (Å²) in [5, 5.41) is 0. The first kappa shape index (κ1) is 20.4. The van der Waals surface area contributed by atoms with Crippen molar-refractivity contribution in [3.63, 3.8) is 0 Å². The molecule has 0 heterocycles. The molecule has 0 spiro atoms. The molecule has 0 fully saturated rings. The van der Waals surface area contributed by atoms with Gasteiger partial charge in [-0.3, -0.25) is 0 Å². The molecule has 0 atom stereocenters. The van der Waals surface area contributed by atoms with Crippen LogP contribution in [0.5, 0.6) is 0 Å². The molecule has 4 rings (SSSR count). The van der Waals surface area contributed by atoms with Gasteiger partial charge in [0.25, 0.3) is 0 Å². The van der Waals surface area contributed by atoms with Crippen molar-refractivity contribution in [2.24, 2.45) is 0 Å². The summed E-state index contributed by atoms with van der Waals surface area (Å²) >= 11 is 2.38. The summed E-state index contributed by atoms with van der Waals surface area (Å²) in [5.74, 6) is 0. The Morgan fingerprint density at radius 2 is 0.556 bits per heavy atom. The third-order valence-electron chi connectivity index (χ3n) is 4.83. The van der Waals surface area contributed by atoms with Crippen LogP contribution in [0.4, 0.5) is 0 Å². The molecule has 136 valence electrons. The molecule has 0 aliphatic heterocycles. The molecule has 27 heavy (non-hydrogen) atoms. The Morgan fingerprint density at radius 3 is 0.741 bits per heavy atom. The van der Waals surface area contributed by atoms with E-state index in [1.54, 1.807) is 0 Å². The van der Waals surface area contributed by atoms with Gasteiger partial charge in [-0.1, -0.05) is 0 Å². The molecular formula is C24H20CoGeI. The zero-order valence-electron chi connectivity index (χ0n) is 14.8. The number of hydrogen-bond acceptors (Lipinski definition) is 0. The predicted molar refractivity (Wildman–Crippen MR) is 124 cm³/mol. The second kappa shape index (κ2) is 10.3. The Hall–Kier alpha value is -1.34. The Labute approximate surface area is 183 Å². The average Bonchev–Trinajstić information content (AvgIpc) is 2.79. The van der Waals surface area contributed by atoms with Crippen LogP contribution in [0.2, 0.25) is 0 Å². The monoisotopic (exact) mass is 568 g/mol. The molecular weight excluding hydrogens is 547 g/mol. The van der Waals surface area contributed by atoms with E-state index in [9.17, 15) is 0 Å². The molecule has 4 aromatic carbocycles. The fourth-order valence-electron chi connectivity index (χ4n) is 3.75. The second-order valence-corrected chi connectivity index (χ2v) is 14.2. The van der Waals surface area contributed by atoms with Gasteiger partial charge in [-0.05, 0) is 0 Å². The van der Waals surface area contributed by atoms with Crippen molar-refractivity contribution in [1.82, 2.24) is 0 Å². The normalized spacial score (nSPS) is 10.6. The van der Waals surface area contributed by atoms with Crippen molar-refractivity contribution in [1.29, 1.82) is 0 Å². The first-order chi connectivity index (χ1) is 13.4. The van der Waals surface area contributed by atoms with Gasteiger partial charge in [0.2, 0.25) is 0 Å². The first-order valence-corrected chi connectivity index (χ1v) is 16.3. The van der Waals surface area contributed by atoms with Crippen molar-refractivity contribution >= 4 is 51.3 Å². The summed E-state index contributed by atoms with van der Waals surface area (Å²) in [6, 6.07) is 44.3. The van der Waals surface area contributed by atoms with Crippen molar-refractivity contribution in [2.75, 3.05) is 0 Å². The molecule has 0 aliphatic carbocycles. The van der Waals surface area contributed by atoms with E-state index in [0.717, 1.165) is 0 Å². The molecule has 0 radical (unpaired) electrons. The van der Waals surface area contributed by atoms with E-state index >= 15 is 0 Å². The van der Waals surface area contributed by atoms with Crippen LogP contribution in [0.3, 0.4) is 0 Å². The zero-order chi connectivity index (χ0) is 19.0. The van der Waals surface area contributed by atoms with E-state index < -0.39 is 13.3 Å². The molecule has 4 aromatic rings. The SMILES string of the molecule is [Co][I].c1cc[c]([Ge]([c]2ccccc2)([c]2ccccc2)[c]2ccccc2)cc1. The minimum atomic E-state index is -2.99. The topological polar surface area (TPSA) is 0 Å². The Morgan fingerprint density at radius 1 is 0.370 bits per heavy atom. The van der Waals surface area contributed by atoms with E-state index in [2.05, 4.69) is 134 Å². The second-order valence-electron chi connectivity index (χ2n) is 6.21. The van der Waals surface area contributed by atoms with Crippen LogP contribution in [0, 0.1) is 0 Å². The number of benzene rings is 4.